The maximum Gasteiger partial charge on any atom is 0.422 e. The first-order chi connectivity index (χ1) is 14.3. The number of alkyl halides is 3. The molecule has 3 rings (SSSR count). The molecule has 0 aliphatic carbocycles. The van der Waals surface area contributed by atoms with Gasteiger partial charge in [0.1, 0.15) is 11.8 Å². The number of carbonyl (C=O) groups is 2. The number of benzene rings is 1. The van der Waals surface area contributed by atoms with Crippen molar-refractivity contribution in [3.05, 3.63) is 48.2 Å². The van der Waals surface area contributed by atoms with E-state index in [4.69, 9.17) is 4.74 Å². The summed E-state index contributed by atoms with van der Waals surface area (Å²) < 4.78 is 46.2. The van der Waals surface area contributed by atoms with Crippen LogP contribution in [0.25, 0.3) is 0 Å². The summed E-state index contributed by atoms with van der Waals surface area (Å²) in [5, 5.41) is 2.77. The second kappa shape index (κ2) is 9.24. The van der Waals surface area contributed by atoms with Gasteiger partial charge in [0, 0.05) is 23.7 Å². The maximum absolute atomic E-state index is 12.8. The minimum Gasteiger partial charge on any atom is -0.497 e. The molecule has 7 nitrogen and oxygen atoms in total. The van der Waals surface area contributed by atoms with Gasteiger partial charge in [-0.15, -0.1) is 11.8 Å². The molecule has 1 saturated heterocycles. The van der Waals surface area contributed by atoms with Crippen LogP contribution >= 0.6 is 11.8 Å². The normalized spacial score (nSPS) is 16.3. The summed E-state index contributed by atoms with van der Waals surface area (Å²) >= 11 is 1.43. The molecule has 1 atom stereocenters. The lowest BCUT2D eigenvalue weighted by Crippen LogP contribution is -2.44. The zero-order valence-corrected chi connectivity index (χ0v) is 16.6. The molecule has 30 heavy (non-hydrogen) atoms. The highest BCUT2D eigenvalue weighted by molar-refractivity contribution is 7.99. The van der Waals surface area contributed by atoms with Gasteiger partial charge in [0.25, 0.3) is 5.91 Å². The number of carbonyl (C=O) groups excluding carboxylic acids is 2. The summed E-state index contributed by atoms with van der Waals surface area (Å²) in [6, 6.07) is 8.61. The minimum atomic E-state index is -4.48. The van der Waals surface area contributed by atoms with Crippen LogP contribution in [0, 0.1) is 0 Å². The molecular formula is C19H18F3N3O4S. The van der Waals surface area contributed by atoms with Crippen LogP contribution < -0.4 is 14.8 Å². The van der Waals surface area contributed by atoms with Crippen LogP contribution in [0.5, 0.6) is 11.6 Å². The van der Waals surface area contributed by atoms with E-state index in [1.165, 1.54) is 35.9 Å². The Kier molecular flexibility index (Phi) is 6.70. The summed E-state index contributed by atoms with van der Waals surface area (Å²) in [5.41, 5.74) is 0.719. The first kappa shape index (κ1) is 21.8. The van der Waals surface area contributed by atoms with Crippen LogP contribution in [0.2, 0.25) is 0 Å². The van der Waals surface area contributed by atoms with Gasteiger partial charge in [-0.2, -0.15) is 13.2 Å². The standard InChI is InChI=1S/C19H18F3N3O4S/c1-28-14-5-3-13(4-6-14)24-17(26)15-9-30-11-25(15)18(27)12-2-7-16(23-8-12)29-10-19(20,21)22/h2-8,15H,9-11H2,1H3,(H,24,26). The van der Waals surface area contributed by atoms with Crippen molar-refractivity contribution in [3.8, 4) is 11.6 Å². The van der Waals surface area contributed by atoms with Crippen molar-refractivity contribution in [2.45, 2.75) is 12.2 Å². The van der Waals surface area contributed by atoms with E-state index in [0.29, 0.717) is 23.1 Å². The Morgan fingerprint density at radius 1 is 1.23 bits per heavy atom. The Bertz CT molecular complexity index is 891. The summed E-state index contributed by atoms with van der Waals surface area (Å²) in [6.07, 6.45) is -3.34. The fourth-order valence-corrected chi connectivity index (χ4v) is 3.83. The van der Waals surface area contributed by atoms with E-state index in [-0.39, 0.29) is 17.4 Å². The second-order valence-electron chi connectivity index (χ2n) is 6.30. The van der Waals surface area contributed by atoms with Gasteiger partial charge in [-0.25, -0.2) is 4.98 Å². The number of hydrogen-bond donors (Lipinski definition) is 1. The highest BCUT2D eigenvalue weighted by atomic mass is 32.2. The van der Waals surface area contributed by atoms with Gasteiger partial charge < -0.3 is 19.7 Å². The van der Waals surface area contributed by atoms with Crippen molar-refractivity contribution < 1.29 is 32.2 Å². The molecule has 1 N–H and O–H groups in total. The number of aromatic nitrogens is 1. The molecule has 160 valence electrons. The van der Waals surface area contributed by atoms with Crippen molar-refractivity contribution >= 4 is 29.3 Å². The van der Waals surface area contributed by atoms with Gasteiger partial charge in [-0.1, -0.05) is 0 Å². The number of hydrogen-bond acceptors (Lipinski definition) is 6. The highest BCUT2D eigenvalue weighted by Crippen LogP contribution is 2.25. The number of nitrogens with zero attached hydrogens (tertiary/aromatic N) is 2. The van der Waals surface area contributed by atoms with E-state index in [9.17, 15) is 22.8 Å². The van der Waals surface area contributed by atoms with Gasteiger partial charge in [0.15, 0.2) is 6.61 Å². The number of methoxy groups -OCH3 is 1. The van der Waals surface area contributed by atoms with Crippen molar-refractivity contribution in [2.24, 2.45) is 0 Å². The third-order valence-electron chi connectivity index (χ3n) is 4.17. The average Bonchev–Trinajstić information content (AvgIpc) is 3.22. The number of amides is 2. The zero-order chi connectivity index (χ0) is 21.7. The Morgan fingerprint density at radius 3 is 2.57 bits per heavy atom. The van der Waals surface area contributed by atoms with E-state index in [1.54, 1.807) is 24.3 Å². The van der Waals surface area contributed by atoms with Gasteiger partial charge >= 0.3 is 6.18 Å². The molecule has 0 spiro atoms. The van der Waals surface area contributed by atoms with Crippen LogP contribution in [0.4, 0.5) is 18.9 Å². The quantitative estimate of drug-likeness (QED) is 0.742. The van der Waals surface area contributed by atoms with Crippen molar-refractivity contribution in [3.63, 3.8) is 0 Å². The third-order valence-corrected chi connectivity index (χ3v) is 5.18. The van der Waals surface area contributed by atoms with Gasteiger partial charge in [-0.3, -0.25) is 9.59 Å². The summed E-state index contributed by atoms with van der Waals surface area (Å²) in [6.45, 7) is -1.47. The molecule has 2 heterocycles. The molecule has 11 heteroatoms. The number of anilines is 1. The number of rotatable bonds is 6. The smallest absolute Gasteiger partial charge is 0.422 e. The van der Waals surface area contributed by atoms with Gasteiger partial charge in [0.05, 0.1) is 18.6 Å². The second-order valence-corrected chi connectivity index (χ2v) is 7.30. The molecule has 2 aromatic rings. The van der Waals surface area contributed by atoms with Gasteiger partial charge in [-0.05, 0) is 30.3 Å². The molecule has 1 unspecified atom stereocenters. The van der Waals surface area contributed by atoms with Crippen molar-refractivity contribution in [2.75, 3.05) is 30.7 Å². The Morgan fingerprint density at radius 2 is 1.97 bits per heavy atom. The highest BCUT2D eigenvalue weighted by Gasteiger charge is 2.35. The fourth-order valence-electron chi connectivity index (χ4n) is 2.67. The fraction of sp³-hybridized carbons (Fsp3) is 0.316. The molecule has 1 fully saturated rings. The molecule has 1 aliphatic heterocycles. The summed E-state index contributed by atoms with van der Waals surface area (Å²) in [4.78, 5) is 30.6. The van der Waals surface area contributed by atoms with Gasteiger partial charge in [0.2, 0.25) is 11.8 Å². The van der Waals surface area contributed by atoms with E-state index >= 15 is 0 Å². The molecule has 2 amide bonds. The maximum atomic E-state index is 12.8. The topological polar surface area (TPSA) is 80.8 Å². The largest absolute Gasteiger partial charge is 0.497 e. The number of nitrogens with one attached hydrogen (secondary N) is 1. The molecule has 1 aliphatic rings. The Balaban J connectivity index is 1.63. The van der Waals surface area contributed by atoms with Crippen LogP contribution in [0.3, 0.4) is 0 Å². The van der Waals surface area contributed by atoms with E-state index in [0.717, 1.165) is 6.20 Å². The molecule has 0 saturated carbocycles. The Labute approximate surface area is 174 Å². The summed E-state index contributed by atoms with van der Waals surface area (Å²) in [5.74, 6) is 0.367. The zero-order valence-electron chi connectivity index (χ0n) is 15.8. The van der Waals surface area contributed by atoms with E-state index in [1.807, 2.05) is 0 Å². The lowest BCUT2D eigenvalue weighted by atomic mass is 10.2. The number of thioether (sulfide) groups is 1. The lowest BCUT2D eigenvalue weighted by Gasteiger charge is -2.23. The average molecular weight is 441 g/mol. The number of ether oxygens (including phenoxy) is 2. The van der Waals surface area contributed by atoms with E-state index < -0.39 is 24.7 Å². The number of pyridine rings is 1. The first-order valence-electron chi connectivity index (χ1n) is 8.76. The number of halogens is 3. The van der Waals surface area contributed by atoms with Crippen LogP contribution in [-0.2, 0) is 4.79 Å². The molecular weight excluding hydrogens is 423 g/mol. The summed E-state index contributed by atoms with van der Waals surface area (Å²) in [7, 11) is 1.54. The monoisotopic (exact) mass is 441 g/mol. The molecule has 1 aromatic carbocycles. The Hall–Kier alpha value is -2.95. The van der Waals surface area contributed by atoms with Crippen molar-refractivity contribution in [1.82, 2.24) is 9.88 Å². The van der Waals surface area contributed by atoms with Crippen LogP contribution in [0.1, 0.15) is 10.4 Å². The van der Waals surface area contributed by atoms with Crippen molar-refractivity contribution in [1.29, 1.82) is 0 Å². The first-order valence-corrected chi connectivity index (χ1v) is 9.91. The predicted molar refractivity (Wildman–Crippen MR) is 105 cm³/mol. The SMILES string of the molecule is COc1ccc(NC(=O)C2CSCN2C(=O)c2ccc(OCC(F)(F)F)nc2)cc1. The minimum absolute atomic E-state index is 0.152. The van der Waals surface area contributed by atoms with Crippen LogP contribution in [0.15, 0.2) is 42.6 Å². The predicted octanol–water partition coefficient (Wildman–Crippen LogP) is 3.19. The molecule has 1 aromatic heterocycles. The van der Waals surface area contributed by atoms with Crippen LogP contribution in [-0.4, -0.2) is 59.3 Å². The van der Waals surface area contributed by atoms with E-state index in [2.05, 4.69) is 15.0 Å². The lowest BCUT2D eigenvalue weighted by molar-refractivity contribution is -0.154. The molecule has 0 radical (unpaired) electrons. The third kappa shape index (κ3) is 5.56. The molecule has 0 bridgehead atoms.